The number of hydrogen-bond acceptors (Lipinski definition) is 6. The zero-order valence-corrected chi connectivity index (χ0v) is 21.7. The van der Waals surface area contributed by atoms with Crippen LogP contribution in [0.2, 0.25) is 0 Å². The van der Waals surface area contributed by atoms with Crippen molar-refractivity contribution >= 4 is 85.4 Å². The van der Waals surface area contributed by atoms with Crippen LogP contribution in [0.15, 0.2) is 36.9 Å². The van der Waals surface area contributed by atoms with Gasteiger partial charge in [0.05, 0.1) is 24.5 Å². The molecule has 1 N–H and O–H groups in total. The second kappa shape index (κ2) is 8.12. The monoisotopic (exact) mass is 448 g/mol. The largest absolute Gasteiger partial charge is 0.403 e. The SMILES string of the molecule is BC1(B)OC(B)(B)C(B)(B)N(CC(=O)Nc2cc3cc(-c4cnn(C)c4)cnc3cn2)C1(B)B. The van der Waals surface area contributed by atoms with E-state index in [0.717, 1.165) is 22.0 Å². The molecule has 0 spiro atoms. The summed E-state index contributed by atoms with van der Waals surface area (Å²) in [6, 6.07) is 3.90. The molecule has 8 nitrogen and oxygen atoms in total. The maximum atomic E-state index is 13.2. The zero-order valence-electron chi connectivity index (χ0n) is 21.7. The summed E-state index contributed by atoms with van der Waals surface area (Å²) in [5, 5.41) is 6.51. The Balaban J connectivity index is 1.58. The number of aromatic nitrogens is 4. The predicted molar refractivity (Wildman–Crippen MR) is 157 cm³/mol. The maximum absolute atomic E-state index is 13.2. The number of rotatable bonds is 4. The molecule has 16 heteroatoms. The molecule has 0 saturated carbocycles. The van der Waals surface area contributed by atoms with E-state index in [1.807, 2.05) is 37.8 Å². The van der Waals surface area contributed by atoms with Gasteiger partial charge in [-0.25, -0.2) is 4.98 Å². The fraction of sp³-hybridized carbons (Fsp3) is 0.333. The van der Waals surface area contributed by atoms with Crippen molar-refractivity contribution in [3.63, 3.8) is 0 Å². The molecule has 0 aliphatic carbocycles. The second-order valence-corrected chi connectivity index (χ2v) is 11.3. The number of carbonyl (C=O) groups is 1. The smallest absolute Gasteiger partial charge is 0.239 e. The van der Waals surface area contributed by atoms with E-state index in [4.69, 9.17) is 4.74 Å². The molecule has 0 unspecified atom stereocenters. The van der Waals surface area contributed by atoms with Crippen LogP contribution in [0.1, 0.15) is 0 Å². The Hall–Kier alpha value is -2.32. The number of hydrogen-bond donors (Lipinski definition) is 1. The molecule has 0 atom stereocenters. The Morgan fingerprint density at radius 3 is 2.18 bits per heavy atom. The molecule has 0 aromatic carbocycles. The first-order valence-corrected chi connectivity index (χ1v) is 11.7. The van der Waals surface area contributed by atoms with Crippen molar-refractivity contribution in [3.05, 3.63) is 36.9 Å². The van der Waals surface area contributed by atoms with Crippen LogP contribution in [-0.2, 0) is 16.6 Å². The number of nitrogens with zero attached hydrogens (tertiary/aromatic N) is 5. The first-order chi connectivity index (χ1) is 15.6. The summed E-state index contributed by atoms with van der Waals surface area (Å²) < 4.78 is 8.28. The number of pyridine rings is 2. The van der Waals surface area contributed by atoms with Gasteiger partial charge in [-0.2, -0.15) is 5.10 Å². The standard InChI is InChI=1S/C18H28B8N6O2/c1-31-7-11(5-29-31)10-2-9-3-13(28-6-12(9)27-4-10)30-14(33)8-32-15(19,20)17(23,24)34-18(25,26)16(32,21)22/h2-7H,8,19-26H2,1H3,(H,28,30,33). The molecule has 4 heterocycles. The lowest BCUT2D eigenvalue weighted by atomic mass is 9.30. The van der Waals surface area contributed by atoms with Crippen LogP contribution in [-0.4, -0.2) is 121 Å². The molecular formula is C18H28B8N6O2. The lowest BCUT2D eigenvalue weighted by Gasteiger charge is -2.68. The summed E-state index contributed by atoms with van der Waals surface area (Å²) in [7, 11) is 18.8. The number of morpholine rings is 1. The van der Waals surface area contributed by atoms with Crippen LogP contribution in [0.25, 0.3) is 22.0 Å². The van der Waals surface area contributed by atoms with Crippen LogP contribution in [0.3, 0.4) is 0 Å². The molecule has 0 radical (unpaired) electrons. The lowest BCUT2D eigenvalue weighted by Crippen LogP contribution is -2.86. The molecule has 1 amide bonds. The number of carbonyl (C=O) groups excluding carboxylic acids is 1. The number of fused-ring (bicyclic) bond motifs is 1. The predicted octanol–water partition coefficient (Wildman–Crippen LogP) is -7.02. The Labute approximate surface area is 208 Å². The highest BCUT2D eigenvalue weighted by Crippen LogP contribution is 2.39. The molecule has 1 aliphatic heterocycles. The highest BCUT2D eigenvalue weighted by molar-refractivity contribution is 6.59. The van der Waals surface area contributed by atoms with Gasteiger partial charge in [-0.1, -0.05) is 0 Å². The van der Waals surface area contributed by atoms with Crippen LogP contribution in [0, 0.1) is 0 Å². The van der Waals surface area contributed by atoms with Gasteiger partial charge in [0.15, 0.2) is 0 Å². The van der Waals surface area contributed by atoms with E-state index in [1.165, 1.54) is 0 Å². The fourth-order valence-electron chi connectivity index (χ4n) is 4.79. The van der Waals surface area contributed by atoms with Crippen LogP contribution >= 0.6 is 0 Å². The van der Waals surface area contributed by atoms with Gasteiger partial charge in [0.2, 0.25) is 5.91 Å². The highest BCUT2D eigenvalue weighted by atomic mass is 16.5. The summed E-state index contributed by atoms with van der Waals surface area (Å²) in [5.41, 5.74) is 2.72. The van der Waals surface area contributed by atoms with Crippen LogP contribution in [0.4, 0.5) is 5.82 Å². The lowest BCUT2D eigenvalue weighted by molar-refractivity contribution is -0.131. The van der Waals surface area contributed by atoms with Crippen molar-refractivity contribution < 1.29 is 9.53 Å². The first-order valence-electron chi connectivity index (χ1n) is 11.7. The fourth-order valence-corrected chi connectivity index (χ4v) is 4.79. The van der Waals surface area contributed by atoms with E-state index in [2.05, 4.69) is 88.1 Å². The summed E-state index contributed by atoms with van der Waals surface area (Å²) in [4.78, 5) is 24.4. The van der Waals surface area contributed by atoms with Gasteiger partial charge in [0.1, 0.15) is 68.6 Å². The van der Waals surface area contributed by atoms with Crippen LogP contribution < -0.4 is 5.32 Å². The third-order valence-corrected chi connectivity index (χ3v) is 7.98. The Bertz CT molecular complexity index is 1240. The van der Waals surface area contributed by atoms with E-state index < -0.39 is 10.8 Å². The maximum Gasteiger partial charge on any atom is 0.239 e. The molecular weight excluding hydrogens is 419 g/mol. The number of ether oxygens (including phenoxy) is 1. The quantitative estimate of drug-likeness (QED) is 0.401. The van der Waals surface area contributed by atoms with Gasteiger partial charge in [-0.3, -0.25) is 14.5 Å². The van der Waals surface area contributed by atoms with Gasteiger partial charge < -0.3 is 15.0 Å². The van der Waals surface area contributed by atoms with E-state index in [9.17, 15) is 4.79 Å². The van der Waals surface area contributed by atoms with Crippen LogP contribution in [0.5, 0.6) is 0 Å². The molecule has 0 bridgehead atoms. The molecule has 1 fully saturated rings. The van der Waals surface area contributed by atoms with E-state index in [0.29, 0.717) is 5.82 Å². The van der Waals surface area contributed by atoms with Gasteiger partial charge in [-0.15, -0.1) is 0 Å². The molecule has 166 valence electrons. The van der Waals surface area contributed by atoms with Crippen molar-refractivity contribution in [2.45, 2.75) is 21.5 Å². The summed E-state index contributed by atoms with van der Waals surface area (Å²) in [6.45, 7) is 0.226. The molecule has 4 rings (SSSR count). The van der Waals surface area contributed by atoms with Gasteiger partial charge in [-0.05, 0) is 22.8 Å². The molecule has 34 heavy (non-hydrogen) atoms. The minimum atomic E-state index is -0.443. The summed E-state index contributed by atoms with van der Waals surface area (Å²) in [6.07, 6.45) is 7.25. The molecule has 3 aromatic heterocycles. The molecule has 1 saturated heterocycles. The number of nitrogens with one attached hydrogen (secondary N) is 1. The first kappa shape index (κ1) is 24.8. The Morgan fingerprint density at radius 1 is 0.941 bits per heavy atom. The normalized spacial score (nSPS) is 20.6. The minimum absolute atomic E-state index is 0.113. The highest BCUT2D eigenvalue weighted by Gasteiger charge is 2.58. The van der Waals surface area contributed by atoms with Crippen molar-refractivity contribution in [2.75, 3.05) is 11.9 Å². The Morgan fingerprint density at radius 2 is 1.59 bits per heavy atom. The minimum Gasteiger partial charge on any atom is -0.403 e. The molecule has 3 aromatic rings. The average Bonchev–Trinajstić information content (AvgIpc) is 3.16. The third-order valence-electron chi connectivity index (χ3n) is 7.98. The van der Waals surface area contributed by atoms with Gasteiger partial charge in [0.25, 0.3) is 0 Å². The van der Waals surface area contributed by atoms with E-state index in [1.54, 1.807) is 10.9 Å². The second-order valence-electron chi connectivity index (χ2n) is 11.3. The number of aryl methyl sites for hydroxylation is 1. The summed E-state index contributed by atoms with van der Waals surface area (Å²) in [5.74, 6) is 0.392. The molecule has 1 aliphatic rings. The zero-order chi connectivity index (χ0) is 25.1. The van der Waals surface area contributed by atoms with E-state index >= 15 is 0 Å². The van der Waals surface area contributed by atoms with E-state index in [-0.39, 0.29) is 23.1 Å². The van der Waals surface area contributed by atoms with Crippen molar-refractivity contribution in [1.82, 2.24) is 24.6 Å². The van der Waals surface area contributed by atoms with Crippen molar-refractivity contribution in [3.8, 4) is 11.1 Å². The van der Waals surface area contributed by atoms with Gasteiger partial charge in [0, 0.05) is 46.8 Å². The Kier molecular flexibility index (Phi) is 5.92. The third kappa shape index (κ3) is 4.15. The topological polar surface area (TPSA) is 85.2 Å². The van der Waals surface area contributed by atoms with Crippen molar-refractivity contribution in [2.24, 2.45) is 7.05 Å². The van der Waals surface area contributed by atoms with Gasteiger partial charge >= 0.3 is 0 Å². The average molecular weight is 447 g/mol. The van der Waals surface area contributed by atoms with Crippen molar-refractivity contribution in [1.29, 1.82) is 0 Å². The summed E-state index contributed by atoms with van der Waals surface area (Å²) >= 11 is 0. The number of anilines is 1. The number of amides is 1.